The summed E-state index contributed by atoms with van der Waals surface area (Å²) in [5, 5.41) is 9.39. The number of para-hydroxylation sites is 1. The van der Waals surface area contributed by atoms with Crippen LogP contribution in [-0.4, -0.2) is 37.8 Å². The van der Waals surface area contributed by atoms with Gasteiger partial charge in [-0.2, -0.15) is 0 Å². The Morgan fingerprint density at radius 1 is 1.26 bits per heavy atom. The van der Waals surface area contributed by atoms with E-state index in [2.05, 4.69) is 45.1 Å². The molecule has 1 aliphatic heterocycles. The van der Waals surface area contributed by atoms with Crippen molar-refractivity contribution < 1.29 is 23.8 Å². The summed E-state index contributed by atoms with van der Waals surface area (Å²) in [5.41, 5.74) is 2.34. The molecule has 0 radical (unpaired) electrons. The topological polar surface area (TPSA) is 97.9 Å². The van der Waals surface area contributed by atoms with Crippen molar-refractivity contribution in [2.45, 2.75) is 13.0 Å². The maximum absolute atomic E-state index is 13.5. The Morgan fingerprint density at radius 3 is 2.68 bits per heavy atom. The molecule has 2 aromatic carbocycles. The maximum atomic E-state index is 13.5. The molecule has 2 aromatic rings. The van der Waals surface area contributed by atoms with E-state index in [1.54, 1.807) is 50.4 Å². The largest absolute Gasteiger partial charge is 0.493 e. The summed E-state index contributed by atoms with van der Waals surface area (Å²) >= 11 is 7.52. The molecule has 1 heterocycles. The van der Waals surface area contributed by atoms with Crippen molar-refractivity contribution in [1.29, 1.82) is 0 Å². The SMILES string of the molecule is C=CCOc1c(I)cc([C@@H]2NC(=S)NC(C)=C2C(=O)Nc2ccccc2C(=O)OC)cc1OC. The number of nitrogens with one attached hydrogen (secondary N) is 3. The van der Waals surface area contributed by atoms with Crippen LogP contribution in [0.15, 0.2) is 60.3 Å². The van der Waals surface area contributed by atoms with Crippen molar-refractivity contribution in [1.82, 2.24) is 10.6 Å². The van der Waals surface area contributed by atoms with Crippen molar-refractivity contribution in [3.8, 4) is 11.5 Å². The Kier molecular flexibility index (Phi) is 8.51. The minimum absolute atomic E-state index is 0.250. The molecule has 1 aliphatic rings. The standard InChI is InChI=1S/C24H24IN3O5S/c1-5-10-33-21-16(25)11-14(12-18(21)31-3)20-19(13(2)26-24(34)28-20)22(29)27-17-9-7-6-8-15(17)23(30)32-4/h5-9,11-12,20H,1,10H2,2-4H3,(H,27,29)(H2,26,28,34)/t20-/m0/s1. The molecule has 1 atom stereocenters. The van der Waals surface area contributed by atoms with Crippen LogP contribution >= 0.6 is 34.8 Å². The number of benzene rings is 2. The number of esters is 1. The fourth-order valence-electron chi connectivity index (χ4n) is 3.50. The van der Waals surface area contributed by atoms with Crippen LogP contribution in [0.25, 0.3) is 0 Å². The van der Waals surface area contributed by atoms with Crippen molar-refractivity contribution in [3.05, 3.63) is 75.0 Å². The summed E-state index contributed by atoms with van der Waals surface area (Å²) < 4.78 is 16.9. The van der Waals surface area contributed by atoms with Crippen molar-refractivity contribution in [2.75, 3.05) is 26.1 Å². The predicted molar refractivity (Wildman–Crippen MR) is 142 cm³/mol. The lowest BCUT2D eigenvalue weighted by molar-refractivity contribution is -0.113. The highest BCUT2D eigenvalue weighted by Crippen LogP contribution is 2.38. The lowest BCUT2D eigenvalue weighted by atomic mass is 9.94. The second kappa shape index (κ2) is 11.3. The molecular weight excluding hydrogens is 569 g/mol. The smallest absolute Gasteiger partial charge is 0.339 e. The molecule has 0 bridgehead atoms. The molecule has 0 aromatic heterocycles. The molecule has 1 amide bonds. The summed E-state index contributed by atoms with van der Waals surface area (Å²) in [5.74, 6) is 0.154. The van der Waals surface area contributed by atoms with E-state index in [4.69, 9.17) is 26.4 Å². The van der Waals surface area contributed by atoms with Gasteiger partial charge in [-0.05, 0) is 71.6 Å². The first-order valence-corrected chi connectivity index (χ1v) is 11.7. The Hall–Kier alpha value is -3.12. The van der Waals surface area contributed by atoms with Crippen LogP contribution in [0.1, 0.15) is 28.9 Å². The average Bonchev–Trinajstić information content (AvgIpc) is 2.82. The third kappa shape index (κ3) is 5.50. The van der Waals surface area contributed by atoms with Crippen molar-refractivity contribution in [3.63, 3.8) is 0 Å². The zero-order valence-electron chi connectivity index (χ0n) is 18.9. The summed E-state index contributed by atoms with van der Waals surface area (Å²) in [4.78, 5) is 25.6. The normalized spacial score (nSPS) is 15.1. The van der Waals surface area contributed by atoms with Gasteiger partial charge in [-0.15, -0.1) is 0 Å². The van der Waals surface area contributed by atoms with E-state index in [1.165, 1.54) is 7.11 Å². The number of carbonyl (C=O) groups excluding carboxylic acids is 2. The average molecular weight is 593 g/mol. The van der Waals surface area contributed by atoms with Crippen LogP contribution < -0.4 is 25.4 Å². The summed E-state index contributed by atoms with van der Waals surface area (Å²) in [6, 6.07) is 9.77. The van der Waals surface area contributed by atoms with Gasteiger partial charge in [0.25, 0.3) is 5.91 Å². The Bertz CT molecular complexity index is 1180. The number of amides is 1. The van der Waals surface area contributed by atoms with Gasteiger partial charge in [-0.1, -0.05) is 24.8 Å². The number of methoxy groups -OCH3 is 2. The van der Waals surface area contributed by atoms with Gasteiger partial charge in [-0.25, -0.2) is 4.79 Å². The molecule has 3 rings (SSSR count). The molecule has 178 valence electrons. The van der Waals surface area contributed by atoms with Gasteiger partial charge in [0, 0.05) is 5.70 Å². The highest BCUT2D eigenvalue weighted by Gasteiger charge is 2.31. The van der Waals surface area contributed by atoms with Gasteiger partial charge < -0.3 is 30.2 Å². The third-order valence-corrected chi connectivity index (χ3v) is 6.05. The van der Waals surface area contributed by atoms with Crippen LogP contribution in [0.5, 0.6) is 11.5 Å². The molecule has 0 aliphatic carbocycles. The van der Waals surface area contributed by atoms with E-state index in [0.29, 0.717) is 40.2 Å². The number of hydrogen-bond acceptors (Lipinski definition) is 6. The highest BCUT2D eigenvalue weighted by atomic mass is 127. The van der Waals surface area contributed by atoms with E-state index in [9.17, 15) is 9.59 Å². The van der Waals surface area contributed by atoms with E-state index in [0.717, 1.165) is 9.13 Å². The fourth-order valence-corrected chi connectivity index (χ4v) is 4.56. The van der Waals surface area contributed by atoms with E-state index in [-0.39, 0.29) is 5.56 Å². The van der Waals surface area contributed by atoms with E-state index < -0.39 is 17.9 Å². The number of halogens is 1. The number of anilines is 1. The first kappa shape index (κ1) is 25.5. The lowest BCUT2D eigenvalue weighted by Gasteiger charge is -2.31. The van der Waals surface area contributed by atoms with Crippen LogP contribution in [0, 0.1) is 3.57 Å². The second-order valence-corrected chi connectivity index (χ2v) is 8.77. The molecule has 0 spiro atoms. The number of thiocarbonyl (C=S) groups is 1. The second-order valence-electron chi connectivity index (χ2n) is 7.20. The molecule has 34 heavy (non-hydrogen) atoms. The van der Waals surface area contributed by atoms with Crippen molar-refractivity contribution in [2.24, 2.45) is 0 Å². The van der Waals surface area contributed by atoms with Crippen LogP contribution in [0.3, 0.4) is 0 Å². The van der Waals surface area contributed by atoms with Gasteiger partial charge in [0.05, 0.1) is 40.7 Å². The zero-order valence-corrected chi connectivity index (χ0v) is 21.8. The number of allylic oxidation sites excluding steroid dienone is 1. The minimum Gasteiger partial charge on any atom is -0.493 e. The molecular formula is C24H24IN3O5S. The molecule has 0 saturated heterocycles. The van der Waals surface area contributed by atoms with Gasteiger partial charge in [0.15, 0.2) is 16.6 Å². The predicted octanol–water partition coefficient (Wildman–Crippen LogP) is 4.08. The first-order valence-electron chi connectivity index (χ1n) is 10.2. The van der Waals surface area contributed by atoms with Gasteiger partial charge in [-0.3, -0.25) is 4.79 Å². The number of rotatable bonds is 8. The zero-order chi connectivity index (χ0) is 24.8. The Labute approximate surface area is 216 Å². The minimum atomic E-state index is -0.574. The summed E-state index contributed by atoms with van der Waals surface area (Å²) in [7, 11) is 2.84. The number of hydrogen-bond donors (Lipinski definition) is 3. The molecule has 0 saturated carbocycles. The molecule has 8 nitrogen and oxygen atoms in total. The van der Waals surface area contributed by atoms with Crippen LogP contribution in [-0.2, 0) is 9.53 Å². The van der Waals surface area contributed by atoms with Gasteiger partial charge in [0.2, 0.25) is 0 Å². The monoisotopic (exact) mass is 593 g/mol. The Balaban J connectivity index is 2.02. The summed E-state index contributed by atoms with van der Waals surface area (Å²) in [6.07, 6.45) is 1.65. The lowest BCUT2D eigenvalue weighted by Crippen LogP contribution is -2.45. The molecule has 3 N–H and O–H groups in total. The molecule has 10 heteroatoms. The first-order chi connectivity index (χ1) is 16.3. The number of carbonyl (C=O) groups is 2. The van der Waals surface area contributed by atoms with Crippen molar-refractivity contribution >= 4 is 57.5 Å². The fraction of sp³-hybridized carbons (Fsp3) is 0.208. The number of ether oxygens (including phenoxy) is 3. The van der Waals surface area contributed by atoms with Gasteiger partial charge in [0.1, 0.15) is 6.61 Å². The van der Waals surface area contributed by atoms with Crippen LogP contribution in [0.4, 0.5) is 5.69 Å². The van der Waals surface area contributed by atoms with E-state index >= 15 is 0 Å². The summed E-state index contributed by atoms with van der Waals surface area (Å²) in [6.45, 7) is 5.77. The quantitative estimate of drug-likeness (QED) is 0.183. The van der Waals surface area contributed by atoms with Gasteiger partial charge >= 0.3 is 5.97 Å². The van der Waals surface area contributed by atoms with E-state index in [1.807, 2.05) is 6.07 Å². The molecule has 0 fully saturated rings. The molecule has 0 unspecified atom stereocenters. The third-order valence-electron chi connectivity index (χ3n) is 5.02. The highest BCUT2D eigenvalue weighted by molar-refractivity contribution is 14.1. The Morgan fingerprint density at radius 2 is 2.00 bits per heavy atom. The maximum Gasteiger partial charge on any atom is 0.339 e. The van der Waals surface area contributed by atoms with Crippen LogP contribution in [0.2, 0.25) is 0 Å².